The smallest absolute Gasteiger partial charge is 0.241 e. The van der Waals surface area contributed by atoms with Gasteiger partial charge in [0.15, 0.2) is 0 Å². The SMILES string of the molecule is NS(=O)(=O)c1cc(Br)ccc1OCCc1ccncc1. The average molecular weight is 357 g/mol. The Balaban J connectivity index is 2.10. The Labute approximate surface area is 126 Å². The van der Waals surface area contributed by atoms with Crippen LogP contribution in [0, 0.1) is 0 Å². The lowest BCUT2D eigenvalue weighted by Crippen LogP contribution is -2.14. The normalized spacial score (nSPS) is 11.3. The molecule has 106 valence electrons. The fourth-order valence-electron chi connectivity index (χ4n) is 1.65. The molecule has 7 heteroatoms. The van der Waals surface area contributed by atoms with E-state index in [1.807, 2.05) is 12.1 Å². The van der Waals surface area contributed by atoms with Gasteiger partial charge in [-0.1, -0.05) is 15.9 Å². The first-order valence-corrected chi connectivity index (χ1v) is 8.15. The van der Waals surface area contributed by atoms with E-state index in [0.717, 1.165) is 5.56 Å². The summed E-state index contributed by atoms with van der Waals surface area (Å²) in [4.78, 5) is 3.90. The quantitative estimate of drug-likeness (QED) is 0.889. The second-order valence-electron chi connectivity index (χ2n) is 4.09. The van der Waals surface area contributed by atoms with Gasteiger partial charge in [0.25, 0.3) is 0 Å². The molecular weight excluding hydrogens is 344 g/mol. The number of hydrogen-bond acceptors (Lipinski definition) is 4. The van der Waals surface area contributed by atoms with Crippen LogP contribution in [0.25, 0.3) is 0 Å². The molecule has 2 N–H and O–H groups in total. The van der Waals surface area contributed by atoms with Gasteiger partial charge in [0.05, 0.1) is 6.61 Å². The van der Waals surface area contributed by atoms with E-state index < -0.39 is 10.0 Å². The summed E-state index contributed by atoms with van der Waals surface area (Å²) in [6.45, 7) is 0.355. The number of nitrogens with zero attached hydrogens (tertiary/aromatic N) is 1. The van der Waals surface area contributed by atoms with E-state index in [1.165, 1.54) is 6.07 Å². The van der Waals surface area contributed by atoms with Gasteiger partial charge in [0.2, 0.25) is 10.0 Å². The highest BCUT2D eigenvalue weighted by Gasteiger charge is 2.15. The fraction of sp³-hybridized carbons (Fsp3) is 0.154. The molecule has 1 aromatic heterocycles. The molecule has 0 saturated carbocycles. The van der Waals surface area contributed by atoms with Crippen LogP contribution in [0.1, 0.15) is 5.56 Å². The first-order chi connectivity index (χ1) is 9.47. The number of pyridine rings is 1. The van der Waals surface area contributed by atoms with Gasteiger partial charge in [-0.3, -0.25) is 4.98 Å². The van der Waals surface area contributed by atoms with E-state index in [-0.39, 0.29) is 10.6 Å². The minimum Gasteiger partial charge on any atom is -0.492 e. The molecule has 2 aromatic rings. The maximum absolute atomic E-state index is 11.5. The number of rotatable bonds is 5. The van der Waals surface area contributed by atoms with Crippen LogP contribution < -0.4 is 9.88 Å². The lowest BCUT2D eigenvalue weighted by molar-refractivity contribution is 0.313. The molecule has 0 bridgehead atoms. The molecule has 1 aromatic carbocycles. The van der Waals surface area contributed by atoms with Crippen LogP contribution in [-0.4, -0.2) is 20.0 Å². The third-order valence-corrected chi connectivity index (χ3v) is 4.04. The highest BCUT2D eigenvalue weighted by Crippen LogP contribution is 2.26. The zero-order valence-electron chi connectivity index (χ0n) is 10.5. The van der Waals surface area contributed by atoms with E-state index in [4.69, 9.17) is 9.88 Å². The molecule has 0 atom stereocenters. The second kappa shape index (κ2) is 6.34. The predicted molar refractivity (Wildman–Crippen MR) is 79.0 cm³/mol. The molecule has 0 radical (unpaired) electrons. The predicted octanol–water partition coefficient (Wildman–Crippen LogP) is 2.11. The van der Waals surface area contributed by atoms with Crippen molar-refractivity contribution >= 4 is 26.0 Å². The van der Waals surface area contributed by atoms with E-state index in [0.29, 0.717) is 17.5 Å². The maximum atomic E-state index is 11.5. The van der Waals surface area contributed by atoms with Crippen molar-refractivity contribution < 1.29 is 13.2 Å². The summed E-state index contributed by atoms with van der Waals surface area (Å²) >= 11 is 3.21. The van der Waals surface area contributed by atoms with Gasteiger partial charge in [-0.2, -0.15) is 0 Å². The third kappa shape index (κ3) is 4.03. The molecule has 0 fully saturated rings. The Morgan fingerprint density at radius 2 is 1.90 bits per heavy atom. The van der Waals surface area contributed by atoms with E-state index >= 15 is 0 Å². The molecule has 0 amide bonds. The Morgan fingerprint density at radius 3 is 2.55 bits per heavy atom. The molecule has 0 saturated heterocycles. The highest BCUT2D eigenvalue weighted by atomic mass is 79.9. The number of nitrogens with two attached hydrogens (primary N) is 1. The maximum Gasteiger partial charge on any atom is 0.241 e. The monoisotopic (exact) mass is 356 g/mol. The van der Waals surface area contributed by atoms with Crippen LogP contribution in [0.3, 0.4) is 0 Å². The number of halogens is 1. The summed E-state index contributed by atoms with van der Waals surface area (Å²) < 4.78 is 29.2. The van der Waals surface area contributed by atoms with Crippen molar-refractivity contribution in [2.24, 2.45) is 5.14 Å². The fourth-order valence-corrected chi connectivity index (χ4v) is 2.86. The molecule has 0 unspecified atom stereocenters. The van der Waals surface area contributed by atoms with Crippen LogP contribution in [0.2, 0.25) is 0 Å². The Hall–Kier alpha value is -1.44. The molecule has 2 rings (SSSR count). The molecule has 0 aliphatic rings. The summed E-state index contributed by atoms with van der Waals surface area (Å²) in [5.41, 5.74) is 1.06. The van der Waals surface area contributed by atoms with E-state index in [9.17, 15) is 8.42 Å². The first kappa shape index (κ1) is 15.0. The van der Waals surface area contributed by atoms with Crippen molar-refractivity contribution in [2.45, 2.75) is 11.3 Å². The minimum atomic E-state index is -3.82. The summed E-state index contributed by atoms with van der Waals surface area (Å²) in [5.74, 6) is 0.254. The summed E-state index contributed by atoms with van der Waals surface area (Å²) in [6, 6.07) is 8.47. The summed E-state index contributed by atoms with van der Waals surface area (Å²) in [5, 5.41) is 5.17. The summed E-state index contributed by atoms with van der Waals surface area (Å²) in [7, 11) is -3.82. The van der Waals surface area contributed by atoms with Gasteiger partial charge in [-0.15, -0.1) is 0 Å². The van der Waals surface area contributed by atoms with Gasteiger partial charge in [0, 0.05) is 23.3 Å². The number of ether oxygens (including phenoxy) is 1. The molecule has 1 heterocycles. The second-order valence-corrected chi connectivity index (χ2v) is 6.54. The number of primary sulfonamides is 1. The minimum absolute atomic E-state index is 0.0263. The first-order valence-electron chi connectivity index (χ1n) is 5.81. The van der Waals surface area contributed by atoms with Crippen LogP contribution in [0.4, 0.5) is 0 Å². The van der Waals surface area contributed by atoms with Crippen LogP contribution in [0.5, 0.6) is 5.75 Å². The summed E-state index contributed by atoms with van der Waals surface area (Å²) in [6.07, 6.45) is 4.05. The van der Waals surface area contributed by atoms with Gasteiger partial charge in [0.1, 0.15) is 10.6 Å². The number of sulfonamides is 1. The van der Waals surface area contributed by atoms with Crippen molar-refractivity contribution in [2.75, 3.05) is 6.61 Å². The van der Waals surface area contributed by atoms with Crippen molar-refractivity contribution in [1.29, 1.82) is 0 Å². The number of benzene rings is 1. The zero-order chi connectivity index (χ0) is 14.6. The standard InChI is InChI=1S/C13H13BrN2O3S/c14-11-1-2-12(13(9-11)20(15,17)18)19-8-5-10-3-6-16-7-4-10/h1-4,6-7,9H,5,8H2,(H2,15,17,18). The van der Waals surface area contributed by atoms with Gasteiger partial charge >= 0.3 is 0 Å². The van der Waals surface area contributed by atoms with Crippen molar-refractivity contribution in [1.82, 2.24) is 4.98 Å². The van der Waals surface area contributed by atoms with Crippen molar-refractivity contribution in [3.05, 3.63) is 52.8 Å². The number of hydrogen-bond donors (Lipinski definition) is 1. The lowest BCUT2D eigenvalue weighted by Gasteiger charge is -2.10. The highest BCUT2D eigenvalue weighted by molar-refractivity contribution is 9.10. The van der Waals surface area contributed by atoms with Crippen molar-refractivity contribution in [3.8, 4) is 5.75 Å². The van der Waals surface area contributed by atoms with Gasteiger partial charge in [-0.25, -0.2) is 13.6 Å². The molecular formula is C13H13BrN2O3S. The van der Waals surface area contributed by atoms with Crippen LogP contribution in [0.15, 0.2) is 52.1 Å². The Kier molecular flexibility index (Phi) is 4.74. The lowest BCUT2D eigenvalue weighted by atomic mass is 10.2. The average Bonchev–Trinajstić information content (AvgIpc) is 2.40. The number of aromatic nitrogens is 1. The zero-order valence-corrected chi connectivity index (χ0v) is 12.9. The molecule has 5 nitrogen and oxygen atoms in total. The Bertz CT molecular complexity index is 690. The van der Waals surface area contributed by atoms with Crippen LogP contribution in [-0.2, 0) is 16.4 Å². The van der Waals surface area contributed by atoms with Gasteiger partial charge < -0.3 is 4.74 Å². The van der Waals surface area contributed by atoms with Crippen LogP contribution >= 0.6 is 15.9 Å². The third-order valence-electron chi connectivity index (χ3n) is 2.61. The molecule has 0 aliphatic heterocycles. The Morgan fingerprint density at radius 1 is 1.20 bits per heavy atom. The van der Waals surface area contributed by atoms with Crippen molar-refractivity contribution in [3.63, 3.8) is 0 Å². The van der Waals surface area contributed by atoms with Gasteiger partial charge in [-0.05, 0) is 35.9 Å². The molecule has 0 spiro atoms. The largest absolute Gasteiger partial charge is 0.492 e. The van der Waals surface area contributed by atoms with E-state index in [2.05, 4.69) is 20.9 Å². The molecule has 0 aliphatic carbocycles. The topological polar surface area (TPSA) is 82.3 Å². The molecule has 20 heavy (non-hydrogen) atoms. The van der Waals surface area contributed by atoms with E-state index in [1.54, 1.807) is 24.5 Å².